The number of aromatic nitrogens is 2. The fraction of sp³-hybridized carbons (Fsp3) is 0. The van der Waals surface area contributed by atoms with Gasteiger partial charge in [0, 0.05) is 46.8 Å². The molecule has 9 rings (SSSR count). The Balaban J connectivity index is 1.16. The molecule has 0 saturated heterocycles. The van der Waals surface area contributed by atoms with E-state index in [1.807, 2.05) is 18.2 Å². The first-order chi connectivity index (χ1) is 22.7. The molecule has 0 amide bonds. The molecule has 3 heterocycles. The van der Waals surface area contributed by atoms with E-state index in [-0.39, 0.29) is 0 Å². The average molecular weight is 622 g/mol. The predicted octanol–water partition coefficient (Wildman–Crippen LogP) is 11.8. The number of fused-ring (bicyclic) bond motifs is 6. The van der Waals surface area contributed by atoms with Gasteiger partial charge in [0.25, 0.3) is 0 Å². The Morgan fingerprint density at radius 2 is 1.17 bits per heavy atom. The zero-order chi connectivity index (χ0) is 30.6. The van der Waals surface area contributed by atoms with E-state index < -0.39 is 0 Å². The van der Waals surface area contributed by atoms with E-state index in [4.69, 9.17) is 9.97 Å². The van der Waals surface area contributed by atoms with Gasteiger partial charge in [-0.1, -0.05) is 103 Å². The van der Waals surface area contributed by atoms with Gasteiger partial charge in [-0.25, -0.2) is 9.97 Å². The second-order valence-electron chi connectivity index (χ2n) is 11.3. The van der Waals surface area contributed by atoms with E-state index in [1.54, 1.807) is 22.7 Å². The van der Waals surface area contributed by atoms with Crippen LogP contribution in [0.5, 0.6) is 0 Å². The van der Waals surface area contributed by atoms with Crippen molar-refractivity contribution in [3.8, 4) is 51.0 Å². The van der Waals surface area contributed by atoms with Gasteiger partial charge in [0.15, 0.2) is 5.82 Å². The highest BCUT2D eigenvalue weighted by Crippen LogP contribution is 2.42. The van der Waals surface area contributed by atoms with Gasteiger partial charge in [-0.2, -0.15) is 5.26 Å². The number of hydrogen-bond acceptors (Lipinski definition) is 5. The van der Waals surface area contributed by atoms with Gasteiger partial charge in [0.05, 0.1) is 17.3 Å². The van der Waals surface area contributed by atoms with Gasteiger partial charge in [-0.15, -0.1) is 22.7 Å². The maximum absolute atomic E-state index is 9.46. The summed E-state index contributed by atoms with van der Waals surface area (Å²) in [4.78, 5) is 11.3. The fourth-order valence-electron chi connectivity index (χ4n) is 6.36. The second kappa shape index (κ2) is 10.7. The third-order valence-electron chi connectivity index (χ3n) is 8.54. The maximum atomic E-state index is 9.46. The Hall–Kier alpha value is -5.67. The van der Waals surface area contributed by atoms with Crippen molar-refractivity contribution in [2.75, 3.05) is 0 Å². The SMILES string of the molecule is N#Cc1ccc2sc3c(-c4cccc(-c5cccc(-c6nc(-c7ccccc7)c7c(n6)sc6ccccc67)c5)c4)cccc3c2c1. The van der Waals surface area contributed by atoms with Crippen LogP contribution in [0.3, 0.4) is 0 Å². The van der Waals surface area contributed by atoms with E-state index in [2.05, 4.69) is 127 Å². The zero-order valence-corrected chi connectivity index (χ0v) is 26.1. The number of rotatable bonds is 4. The summed E-state index contributed by atoms with van der Waals surface area (Å²) in [5.41, 5.74) is 8.33. The van der Waals surface area contributed by atoms with Gasteiger partial charge in [0.1, 0.15) is 4.83 Å². The molecular formula is C41H23N3S2. The van der Waals surface area contributed by atoms with E-state index in [1.165, 1.54) is 30.4 Å². The quantitative estimate of drug-likeness (QED) is 0.196. The summed E-state index contributed by atoms with van der Waals surface area (Å²) in [5, 5.41) is 14.1. The molecule has 214 valence electrons. The average Bonchev–Trinajstić information content (AvgIpc) is 3.69. The molecule has 0 spiro atoms. The van der Waals surface area contributed by atoms with Crippen LogP contribution in [-0.2, 0) is 0 Å². The molecule has 0 radical (unpaired) electrons. The topological polar surface area (TPSA) is 49.6 Å². The first kappa shape index (κ1) is 26.7. The van der Waals surface area contributed by atoms with Crippen LogP contribution in [0.2, 0.25) is 0 Å². The first-order valence-corrected chi connectivity index (χ1v) is 16.7. The second-order valence-corrected chi connectivity index (χ2v) is 13.4. The highest BCUT2D eigenvalue weighted by Gasteiger charge is 2.17. The number of thiophene rings is 2. The molecule has 3 aromatic heterocycles. The van der Waals surface area contributed by atoms with Crippen LogP contribution in [0.25, 0.3) is 85.4 Å². The van der Waals surface area contributed by atoms with Crippen LogP contribution in [0, 0.1) is 11.3 Å². The van der Waals surface area contributed by atoms with E-state index in [0.717, 1.165) is 54.9 Å². The van der Waals surface area contributed by atoms with Crippen molar-refractivity contribution >= 4 is 63.1 Å². The summed E-state index contributed by atoms with van der Waals surface area (Å²) in [5.74, 6) is 0.725. The molecule has 0 atom stereocenters. The van der Waals surface area contributed by atoms with E-state index in [0.29, 0.717) is 5.56 Å². The van der Waals surface area contributed by atoms with Crippen LogP contribution in [0.15, 0.2) is 140 Å². The van der Waals surface area contributed by atoms with Gasteiger partial charge in [-0.05, 0) is 58.7 Å². The minimum absolute atomic E-state index is 0.686. The van der Waals surface area contributed by atoms with Crippen LogP contribution in [-0.4, -0.2) is 9.97 Å². The molecule has 9 aromatic rings. The number of nitrogens with zero attached hydrogens (tertiary/aromatic N) is 3. The number of nitriles is 1. The van der Waals surface area contributed by atoms with Gasteiger partial charge in [0.2, 0.25) is 0 Å². The molecule has 0 bridgehead atoms. The molecule has 0 aliphatic rings. The third kappa shape index (κ3) is 4.39. The normalized spacial score (nSPS) is 11.5. The summed E-state index contributed by atoms with van der Waals surface area (Å²) in [6.45, 7) is 0. The number of hydrogen-bond donors (Lipinski definition) is 0. The first-order valence-electron chi connectivity index (χ1n) is 15.0. The van der Waals surface area contributed by atoms with Gasteiger partial charge in [-0.3, -0.25) is 0 Å². The van der Waals surface area contributed by atoms with Crippen molar-refractivity contribution in [2.24, 2.45) is 0 Å². The van der Waals surface area contributed by atoms with Gasteiger partial charge < -0.3 is 0 Å². The third-order valence-corrected chi connectivity index (χ3v) is 10.8. The van der Waals surface area contributed by atoms with Crippen molar-refractivity contribution in [2.45, 2.75) is 0 Å². The molecule has 0 unspecified atom stereocenters. The summed E-state index contributed by atoms with van der Waals surface area (Å²) in [7, 11) is 0. The summed E-state index contributed by atoms with van der Waals surface area (Å²) >= 11 is 3.50. The minimum Gasteiger partial charge on any atom is -0.227 e. The summed E-state index contributed by atoms with van der Waals surface area (Å²) in [6.07, 6.45) is 0. The lowest BCUT2D eigenvalue weighted by molar-refractivity contribution is 1.24. The maximum Gasteiger partial charge on any atom is 0.161 e. The standard InChI is InChI=1S/C41H23N3S2/c42-24-25-19-20-36-34(21-25)32-17-8-16-31(39(32)45-36)29-13-6-11-27(22-29)28-12-7-14-30(23-28)40-43-38(26-9-2-1-3-10-26)37-33-15-4-5-18-35(33)46-41(37)44-40/h1-23H. The Labute approximate surface area is 273 Å². The molecule has 3 nitrogen and oxygen atoms in total. The molecule has 0 aliphatic heterocycles. The highest BCUT2D eigenvalue weighted by atomic mass is 32.1. The summed E-state index contributed by atoms with van der Waals surface area (Å²) in [6, 6.07) is 50.9. The van der Waals surface area contributed by atoms with Crippen molar-refractivity contribution in [3.05, 3.63) is 145 Å². The lowest BCUT2D eigenvalue weighted by atomic mass is 9.97. The highest BCUT2D eigenvalue weighted by molar-refractivity contribution is 7.26. The Morgan fingerprint density at radius 1 is 0.500 bits per heavy atom. The molecule has 6 aromatic carbocycles. The molecule has 5 heteroatoms. The smallest absolute Gasteiger partial charge is 0.161 e. The van der Waals surface area contributed by atoms with Crippen molar-refractivity contribution in [3.63, 3.8) is 0 Å². The Kier molecular flexibility index (Phi) is 6.24. The van der Waals surface area contributed by atoms with Crippen LogP contribution in [0.1, 0.15) is 5.56 Å². The van der Waals surface area contributed by atoms with Crippen molar-refractivity contribution < 1.29 is 0 Å². The lowest BCUT2D eigenvalue weighted by Crippen LogP contribution is -1.94. The van der Waals surface area contributed by atoms with Crippen molar-refractivity contribution in [1.82, 2.24) is 9.97 Å². The minimum atomic E-state index is 0.686. The summed E-state index contributed by atoms with van der Waals surface area (Å²) < 4.78 is 3.64. The zero-order valence-electron chi connectivity index (χ0n) is 24.4. The van der Waals surface area contributed by atoms with Crippen LogP contribution >= 0.6 is 22.7 Å². The molecule has 0 saturated carbocycles. The number of benzene rings is 6. The molecular weight excluding hydrogens is 599 g/mol. The van der Waals surface area contributed by atoms with Crippen molar-refractivity contribution in [1.29, 1.82) is 5.26 Å². The molecule has 0 aliphatic carbocycles. The largest absolute Gasteiger partial charge is 0.227 e. The molecule has 46 heavy (non-hydrogen) atoms. The lowest BCUT2D eigenvalue weighted by Gasteiger charge is -2.10. The van der Waals surface area contributed by atoms with E-state index >= 15 is 0 Å². The van der Waals surface area contributed by atoms with Crippen LogP contribution < -0.4 is 0 Å². The Bertz CT molecular complexity index is 2660. The monoisotopic (exact) mass is 621 g/mol. The molecule has 0 fully saturated rings. The molecule has 0 N–H and O–H groups in total. The predicted molar refractivity (Wildman–Crippen MR) is 194 cm³/mol. The van der Waals surface area contributed by atoms with Gasteiger partial charge >= 0.3 is 0 Å². The Morgan fingerprint density at radius 3 is 2.02 bits per heavy atom. The van der Waals surface area contributed by atoms with Crippen LogP contribution in [0.4, 0.5) is 0 Å². The van der Waals surface area contributed by atoms with E-state index in [9.17, 15) is 5.26 Å². The fourth-order valence-corrected chi connectivity index (χ4v) is 8.65.